The highest BCUT2D eigenvalue weighted by molar-refractivity contribution is 6.99. The molecule has 1 aliphatic rings. The van der Waals surface area contributed by atoms with Crippen molar-refractivity contribution in [3.05, 3.63) is 140 Å². The van der Waals surface area contributed by atoms with Crippen molar-refractivity contribution in [1.29, 1.82) is 0 Å². The SMILES string of the molecule is Cc1cn([C@H]2C[C@H](OCCN=[N+]=[N-])[C@@H](C(COCc3ccccc3)O[Si](c3ccccc3)(c3ccccc3)C(C)(C)C)O2)c(=O)[nH]c1=O. The number of ether oxygens (including phenoxy) is 3. The normalized spacial score (nSPS) is 18.7. The monoisotopic (exact) mass is 669 g/mol. The fourth-order valence-electron chi connectivity index (χ4n) is 6.40. The summed E-state index contributed by atoms with van der Waals surface area (Å²) in [5.74, 6) is 0. The molecular formula is C36H43N5O6Si. The van der Waals surface area contributed by atoms with Crippen LogP contribution < -0.4 is 21.6 Å². The van der Waals surface area contributed by atoms with Crippen LogP contribution >= 0.6 is 0 Å². The standard InChI is InChI=1S/C36H43N5O6Si/c1-26-23-41(35(43)39-34(26)42)32-22-30(45-21-20-38-40-37)33(46-32)31(25-44-24-27-14-8-5-9-15-27)47-48(36(2,3)4,28-16-10-6-11-17-28)29-18-12-7-13-19-29/h5-19,23,30-33H,20-22,24-25H2,1-4H3,(H,39,42,43)/t30-,31?,32+,33-/m0/s1. The lowest BCUT2D eigenvalue weighted by Gasteiger charge is -2.46. The number of benzene rings is 3. The number of aryl methyl sites for hydroxylation is 1. The molecule has 1 aliphatic heterocycles. The molecule has 48 heavy (non-hydrogen) atoms. The molecule has 4 aromatic rings. The number of nitrogens with one attached hydrogen (secondary N) is 1. The van der Waals surface area contributed by atoms with Gasteiger partial charge in [0.25, 0.3) is 13.9 Å². The molecule has 0 radical (unpaired) electrons. The first kappa shape index (κ1) is 35.0. The van der Waals surface area contributed by atoms with Crippen LogP contribution in [0.3, 0.4) is 0 Å². The summed E-state index contributed by atoms with van der Waals surface area (Å²) in [6.45, 7) is 9.07. The van der Waals surface area contributed by atoms with Crippen molar-refractivity contribution in [2.75, 3.05) is 19.8 Å². The molecular weight excluding hydrogens is 627 g/mol. The molecule has 1 unspecified atom stereocenters. The number of hydrogen-bond donors (Lipinski definition) is 1. The van der Waals surface area contributed by atoms with E-state index in [1.165, 1.54) is 10.8 Å². The minimum absolute atomic E-state index is 0.132. The van der Waals surface area contributed by atoms with Gasteiger partial charge in [-0.1, -0.05) is 117 Å². The molecule has 4 atom stereocenters. The topological polar surface area (TPSA) is 141 Å². The van der Waals surface area contributed by atoms with E-state index >= 15 is 0 Å². The second kappa shape index (κ2) is 15.7. The zero-order chi connectivity index (χ0) is 34.1. The maximum atomic E-state index is 13.0. The minimum atomic E-state index is -3.11. The molecule has 0 bridgehead atoms. The van der Waals surface area contributed by atoms with Crippen LogP contribution in [0.4, 0.5) is 0 Å². The summed E-state index contributed by atoms with van der Waals surface area (Å²) in [5, 5.41) is 5.50. The molecule has 11 nitrogen and oxygen atoms in total. The predicted octanol–water partition coefficient (Wildman–Crippen LogP) is 4.99. The number of azide groups is 1. The highest BCUT2D eigenvalue weighted by atomic mass is 28.4. The Labute approximate surface area is 281 Å². The van der Waals surface area contributed by atoms with Gasteiger partial charge in [-0.3, -0.25) is 14.3 Å². The Kier molecular flexibility index (Phi) is 11.5. The fraction of sp³-hybridized carbons (Fsp3) is 0.389. The number of rotatable bonds is 14. The van der Waals surface area contributed by atoms with Gasteiger partial charge in [0.2, 0.25) is 0 Å². The molecule has 1 fully saturated rings. The summed E-state index contributed by atoms with van der Waals surface area (Å²) < 4.78 is 28.4. The molecule has 12 heteroatoms. The molecule has 2 heterocycles. The molecule has 1 N–H and O–H groups in total. The molecule has 252 valence electrons. The van der Waals surface area contributed by atoms with Crippen molar-refractivity contribution in [1.82, 2.24) is 9.55 Å². The number of aromatic amines is 1. The van der Waals surface area contributed by atoms with E-state index in [2.05, 4.69) is 60.0 Å². The van der Waals surface area contributed by atoms with Crippen LogP contribution in [0.25, 0.3) is 10.4 Å². The van der Waals surface area contributed by atoms with Gasteiger partial charge in [0.1, 0.15) is 12.3 Å². The fourth-order valence-corrected chi connectivity index (χ4v) is 11.1. The summed E-state index contributed by atoms with van der Waals surface area (Å²) in [4.78, 5) is 30.4. The van der Waals surface area contributed by atoms with Crippen LogP contribution in [0.2, 0.25) is 5.04 Å². The lowest BCUT2D eigenvalue weighted by Crippen LogP contribution is -2.69. The van der Waals surface area contributed by atoms with Crippen LogP contribution in [-0.2, 0) is 25.2 Å². The Balaban J connectivity index is 1.60. The summed E-state index contributed by atoms with van der Waals surface area (Å²) >= 11 is 0. The largest absolute Gasteiger partial charge is 0.399 e. The number of H-pyrrole nitrogens is 1. The molecule has 1 saturated heterocycles. The molecule has 0 saturated carbocycles. The minimum Gasteiger partial charge on any atom is -0.399 e. The van der Waals surface area contributed by atoms with Gasteiger partial charge in [-0.2, -0.15) is 0 Å². The first-order chi connectivity index (χ1) is 23.1. The third-order valence-electron chi connectivity index (χ3n) is 8.66. The van der Waals surface area contributed by atoms with Crippen LogP contribution in [-0.4, -0.2) is 55.9 Å². The van der Waals surface area contributed by atoms with E-state index in [-0.39, 0.29) is 24.8 Å². The Morgan fingerprint density at radius 2 is 1.60 bits per heavy atom. The van der Waals surface area contributed by atoms with Gasteiger partial charge in [-0.15, -0.1) is 0 Å². The second-order valence-corrected chi connectivity index (χ2v) is 17.2. The predicted molar refractivity (Wildman–Crippen MR) is 187 cm³/mol. The molecule has 1 aromatic heterocycles. The maximum absolute atomic E-state index is 13.0. The Hall–Kier alpha value is -4.29. The third kappa shape index (κ3) is 7.87. The lowest BCUT2D eigenvalue weighted by atomic mass is 10.1. The number of aromatic nitrogens is 2. The van der Waals surface area contributed by atoms with Gasteiger partial charge >= 0.3 is 5.69 Å². The summed E-state index contributed by atoms with van der Waals surface area (Å²) in [6, 6.07) is 30.5. The van der Waals surface area contributed by atoms with Crippen molar-refractivity contribution in [2.24, 2.45) is 5.11 Å². The van der Waals surface area contributed by atoms with Crippen molar-refractivity contribution in [2.45, 2.75) is 70.3 Å². The molecule has 5 rings (SSSR count). The zero-order valence-electron chi connectivity index (χ0n) is 27.8. The third-order valence-corrected chi connectivity index (χ3v) is 13.7. The van der Waals surface area contributed by atoms with Gasteiger partial charge in [-0.25, -0.2) is 4.79 Å². The smallest absolute Gasteiger partial charge is 0.330 e. The van der Waals surface area contributed by atoms with Crippen molar-refractivity contribution < 1.29 is 18.6 Å². The number of nitrogens with zero attached hydrogens (tertiary/aromatic N) is 4. The van der Waals surface area contributed by atoms with Gasteiger partial charge in [0.15, 0.2) is 0 Å². The van der Waals surface area contributed by atoms with Gasteiger partial charge in [0.05, 0.1) is 32.0 Å². The molecule has 0 aliphatic carbocycles. The zero-order valence-corrected chi connectivity index (χ0v) is 28.8. The Morgan fingerprint density at radius 1 is 1.00 bits per heavy atom. The van der Waals surface area contributed by atoms with Crippen molar-refractivity contribution in [3.8, 4) is 0 Å². The van der Waals surface area contributed by atoms with Crippen LogP contribution in [0.1, 0.15) is 44.5 Å². The Morgan fingerprint density at radius 3 is 2.19 bits per heavy atom. The highest BCUT2D eigenvalue weighted by Gasteiger charge is 2.54. The van der Waals surface area contributed by atoms with E-state index in [1.54, 1.807) is 6.92 Å². The first-order valence-corrected chi connectivity index (χ1v) is 18.1. The first-order valence-electron chi connectivity index (χ1n) is 16.1. The average Bonchev–Trinajstić information content (AvgIpc) is 3.50. The van der Waals surface area contributed by atoms with E-state index in [1.807, 2.05) is 66.7 Å². The summed E-state index contributed by atoms with van der Waals surface area (Å²) in [5.41, 5.74) is 9.24. The molecule has 3 aromatic carbocycles. The van der Waals surface area contributed by atoms with Crippen LogP contribution in [0.15, 0.2) is 112 Å². The van der Waals surface area contributed by atoms with Gasteiger partial charge < -0.3 is 18.6 Å². The Bertz CT molecular complexity index is 1750. The molecule has 0 spiro atoms. The van der Waals surface area contributed by atoms with E-state index in [4.69, 9.17) is 24.2 Å². The maximum Gasteiger partial charge on any atom is 0.330 e. The van der Waals surface area contributed by atoms with E-state index < -0.39 is 44.1 Å². The quantitative estimate of drug-likeness (QED) is 0.0660. The summed E-state index contributed by atoms with van der Waals surface area (Å²) in [6.07, 6.45) is -0.819. The van der Waals surface area contributed by atoms with E-state index in [0.717, 1.165) is 15.9 Å². The van der Waals surface area contributed by atoms with Crippen LogP contribution in [0, 0.1) is 6.92 Å². The van der Waals surface area contributed by atoms with Gasteiger partial charge in [0, 0.05) is 29.6 Å². The van der Waals surface area contributed by atoms with Crippen LogP contribution in [0.5, 0.6) is 0 Å². The van der Waals surface area contributed by atoms with Crippen molar-refractivity contribution in [3.63, 3.8) is 0 Å². The van der Waals surface area contributed by atoms with Gasteiger partial charge in [-0.05, 0) is 33.4 Å². The molecule has 0 amide bonds. The van der Waals surface area contributed by atoms with E-state index in [9.17, 15) is 9.59 Å². The van der Waals surface area contributed by atoms with Crippen molar-refractivity contribution >= 4 is 18.7 Å². The summed E-state index contributed by atoms with van der Waals surface area (Å²) in [7, 11) is -3.11. The van der Waals surface area contributed by atoms with E-state index in [0.29, 0.717) is 18.6 Å². The lowest BCUT2D eigenvalue weighted by molar-refractivity contribution is -0.111. The average molecular weight is 670 g/mol. The highest BCUT2D eigenvalue weighted by Crippen LogP contribution is 2.40. The number of hydrogen-bond acceptors (Lipinski definition) is 7. The second-order valence-electron chi connectivity index (χ2n) is 13.0.